The molecule has 0 aliphatic rings. The Hall–Kier alpha value is -3.34. The summed E-state index contributed by atoms with van der Waals surface area (Å²) in [5, 5.41) is 6.23. The van der Waals surface area contributed by atoms with Gasteiger partial charge in [-0.1, -0.05) is 25.1 Å². The highest BCUT2D eigenvalue weighted by molar-refractivity contribution is 6.04. The summed E-state index contributed by atoms with van der Waals surface area (Å²) < 4.78 is 0. The Morgan fingerprint density at radius 2 is 1.78 bits per heavy atom. The number of carbonyl (C=O) groups is 1. The number of nitrogens with one attached hydrogen (secondary N) is 2. The second kappa shape index (κ2) is 8.36. The summed E-state index contributed by atoms with van der Waals surface area (Å²) in [6.07, 6.45) is 2.56. The average molecular weight is 360 g/mol. The molecule has 3 aromatic rings. The molecule has 0 bridgehead atoms. The van der Waals surface area contributed by atoms with Gasteiger partial charge in [-0.15, -0.1) is 0 Å². The van der Waals surface area contributed by atoms with Gasteiger partial charge in [0.2, 0.25) is 0 Å². The topological polar surface area (TPSA) is 57.3 Å². The molecule has 27 heavy (non-hydrogen) atoms. The maximum absolute atomic E-state index is 12.6. The largest absolute Gasteiger partial charge is 0.378 e. The van der Waals surface area contributed by atoms with Gasteiger partial charge in [0.15, 0.2) is 0 Å². The van der Waals surface area contributed by atoms with Gasteiger partial charge >= 0.3 is 0 Å². The zero-order chi connectivity index (χ0) is 19.2. The number of pyridine rings is 1. The van der Waals surface area contributed by atoms with E-state index in [2.05, 4.69) is 28.6 Å². The van der Waals surface area contributed by atoms with E-state index in [-0.39, 0.29) is 5.91 Å². The van der Waals surface area contributed by atoms with E-state index in [9.17, 15) is 4.79 Å². The number of aryl methyl sites for hydroxylation is 1. The van der Waals surface area contributed by atoms with Crippen LogP contribution in [0.25, 0.3) is 0 Å². The van der Waals surface area contributed by atoms with Gasteiger partial charge in [0.25, 0.3) is 5.91 Å². The quantitative estimate of drug-likeness (QED) is 0.669. The van der Waals surface area contributed by atoms with Crippen molar-refractivity contribution in [3.05, 3.63) is 78.0 Å². The fourth-order valence-electron chi connectivity index (χ4n) is 2.77. The van der Waals surface area contributed by atoms with Crippen LogP contribution in [0.4, 0.5) is 22.9 Å². The monoisotopic (exact) mass is 360 g/mol. The molecule has 1 heterocycles. The molecule has 0 fully saturated rings. The van der Waals surface area contributed by atoms with Gasteiger partial charge in [-0.25, -0.2) is 4.98 Å². The number of benzene rings is 2. The molecular formula is C22H24N4O. The van der Waals surface area contributed by atoms with Crippen LogP contribution < -0.4 is 15.5 Å². The van der Waals surface area contributed by atoms with Crippen molar-refractivity contribution in [1.29, 1.82) is 0 Å². The summed E-state index contributed by atoms with van der Waals surface area (Å²) in [6.45, 7) is 2.11. The van der Waals surface area contributed by atoms with E-state index >= 15 is 0 Å². The Bertz CT molecular complexity index is 920. The van der Waals surface area contributed by atoms with Gasteiger partial charge in [-0.3, -0.25) is 4.79 Å². The van der Waals surface area contributed by atoms with Crippen molar-refractivity contribution in [2.24, 2.45) is 0 Å². The molecule has 0 aliphatic heterocycles. The molecule has 5 heteroatoms. The molecule has 2 N–H and O–H groups in total. The van der Waals surface area contributed by atoms with E-state index in [0.29, 0.717) is 11.4 Å². The van der Waals surface area contributed by atoms with Gasteiger partial charge < -0.3 is 15.5 Å². The molecule has 0 unspecified atom stereocenters. The third-order valence-corrected chi connectivity index (χ3v) is 4.32. The van der Waals surface area contributed by atoms with Crippen LogP contribution in [0.5, 0.6) is 0 Å². The Kier molecular flexibility index (Phi) is 5.71. The van der Waals surface area contributed by atoms with E-state index in [0.717, 1.165) is 23.5 Å². The molecule has 0 aliphatic carbocycles. The third-order valence-electron chi connectivity index (χ3n) is 4.32. The minimum absolute atomic E-state index is 0.165. The van der Waals surface area contributed by atoms with Crippen LogP contribution in [-0.4, -0.2) is 25.0 Å². The maximum atomic E-state index is 12.6. The van der Waals surface area contributed by atoms with Crippen molar-refractivity contribution in [1.82, 2.24) is 4.98 Å². The summed E-state index contributed by atoms with van der Waals surface area (Å²) in [4.78, 5) is 18.9. The van der Waals surface area contributed by atoms with Crippen LogP contribution in [0, 0.1) is 0 Å². The number of carbonyl (C=O) groups excluding carboxylic acids is 1. The third kappa shape index (κ3) is 4.64. The molecule has 1 amide bonds. The van der Waals surface area contributed by atoms with Crippen molar-refractivity contribution in [2.75, 3.05) is 29.6 Å². The van der Waals surface area contributed by atoms with Crippen LogP contribution in [0.15, 0.2) is 66.9 Å². The average Bonchev–Trinajstić information content (AvgIpc) is 2.69. The predicted molar refractivity (Wildman–Crippen MR) is 112 cm³/mol. The second-order valence-electron chi connectivity index (χ2n) is 6.46. The Labute approximate surface area is 160 Å². The van der Waals surface area contributed by atoms with Crippen molar-refractivity contribution in [3.8, 4) is 0 Å². The summed E-state index contributed by atoms with van der Waals surface area (Å²) in [5.41, 5.74) is 4.60. The van der Waals surface area contributed by atoms with Crippen molar-refractivity contribution < 1.29 is 4.79 Å². The number of para-hydroxylation sites is 1. The highest BCUT2D eigenvalue weighted by atomic mass is 16.1. The van der Waals surface area contributed by atoms with Crippen LogP contribution in [0.2, 0.25) is 0 Å². The van der Waals surface area contributed by atoms with E-state index in [4.69, 9.17) is 0 Å². The second-order valence-corrected chi connectivity index (χ2v) is 6.46. The number of amides is 1. The fourth-order valence-corrected chi connectivity index (χ4v) is 2.77. The molecule has 3 rings (SSSR count). The number of aromatic nitrogens is 1. The summed E-state index contributed by atoms with van der Waals surface area (Å²) >= 11 is 0. The molecule has 0 radical (unpaired) electrons. The lowest BCUT2D eigenvalue weighted by atomic mass is 10.1. The maximum Gasteiger partial charge on any atom is 0.255 e. The van der Waals surface area contributed by atoms with Gasteiger partial charge in [-0.2, -0.15) is 0 Å². The van der Waals surface area contributed by atoms with E-state index in [1.165, 1.54) is 5.56 Å². The fraction of sp³-hybridized carbons (Fsp3) is 0.182. The lowest BCUT2D eigenvalue weighted by Gasteiger charge is -2.13. The highest BCUT2D eigenvalue weighted by Crippen LogP contribution is 2.21. The molecule has 1 aromatic heterocycles. The van der Waals surface area contributed by atoms with Crippen molar-refractivity contribution in [3.63, 3.8) is 0 Å². The van der Waals surface area contributed by atoms with Gasteiger partial charge in [-0.05, 0) is 54.4 Å². The molecule has 5 nitrogen and oxygen atoms in total. The SMILES string of the molecule is CCc1ccccc1Nc1cc(C(=O)Nc2ccc(N(C)C)cc2)ccn1. The zero-order valence-corrected chi connectivity index (χ0v) is 15.9. The van der Waals surface area contributed by atoms with Crippen LogP contribution in [0.3, 0.4) is 0 Å². The predicted octanol–water partition coefficient (Wildman–Crippen LogP) is 4.71. The first kappa shape index (κ1) is 18.5. The number of hydrogen-bond acceptors (Lipinski definition) is 4. The Morgan fingerprint density at radius 3 is 2.48 bits per heavy atom. The zero-order valence-electron chi connectivity index (χ0n) is 15.9. The molecular weight excluding hydrogens is 336 g/mol. The minimum Gasteiger partial charge on any atom is -0.378 e. The van der Waals surface area contributed by atoms with E-state index in [1.807, 2.05) is 61.5 Å². The van der Waals surface area contributed by atoms with Gasteiger partial charge in [0, 0.05) is 42.9 Å². The summed E-state index contributed by atoms with van der Waals surface area (Å²) in [6, 6.07) is 19.3. The first-order valence-electron chi connectivity index (χ1n) is 8.96. The van der Waals surface area contributed by atoms with Crippen LogP contribution in [-0.2, 0) is 6.42 Å². The van der Waals surface area contributed by atoms with Gasteiger partial charge in [0.05, 0.1) is 0 Å². The normalized spacial score (nSPS) is 10.3. The molecule has 2 aromatic carbocycles. The smallest absolute Gasteiger partial charge is 0.255 e. The number of rotatable bonds is 6. The lowest BCUT2D eigenvalue weighted by Crippen LogP contribution is -2.13. The first-order valence-corrected chi connectivity index (χ1v) is 8.96. The molecule has 0 spiro atoms. The minimum atomic E-state index is -0.165. The number of hydrogen-bond donors (Lipinski definition) is 2. The number of nitrogens with zero attached hydrogens (tertiary/aromatic N) is 2. The van der Waals surface area contributed by atoms with Gasteiger partial charge in [0.1, 0.15) is 5.82 Å². The van der Waals surface area contributed by atoms with Crippen molar-refractivity contribution in [2.45, 2.75) is 13.3 Å². The standard InChI is InChI=1S/C22H24N4O/c1-4-16-7-5-6-8-20(16)25-21-15-17(13-14-23-21)22(27)24-18-9-11-19(12-10-18)26(2)3/h5-15H,4H2,1-3H3,(H,23,25)(H,24,27). The first-order chi connectivity index (χ1) is 13.1. The van der Waals surface area contributed by atoms with Crippen LogP contribution >= 0.6 is 0 Å². The van der Waals surface area contributed by atoms with Crippen LogP contribution in [0.1, 0.15) is 22.8 Å². The Morgan fingerprint density at radius 1 is 1.04 bits per heavy atom. The highest BCUT2D eigenvalue weighted by Gasteiger charge is 2.09. The molecule has 138 valence electrons. The van der Waals surface area contributed by atoms with E-state index in [1.54, 1.807) is 18.3 Å². The lowest BCUT2D eigenvalue weighted by molar-refractivity contribution is 0.102. The summed E-state index contributed by atoms with van der Waals surface area (Å²) in [7, 11) is 3.96. The molecule has 0 saturated carbocycles. The Balaban J connectivity index is 1.73. The van der Waals surface area contributed by atoms with Crippen molar-refractivity contribution >= 4 is 28.8 Å². The van der Waals surface area contributed by atoms with E-state index < -0.39 is 0 Å². The molecule has 0 saturated heterocycles. The molecule has 0 atom stereocenters. The number of anilines is 4. The summed E-state index contributed by atoms with van der Waals surface area (Å²) in [5.74, 6) is 0.480.